The Hall–Kier alpha value is -1.75. The standard InChI is InChI=1S/C20H30O5/c1-4-5-6-7-15(21)9-11-17-16(18(22)13-19(17)23)10-8-14(2)12-20(24)25-3/h8,10,17,19,23H,4-7,9,11-13H2,1-3H3. The van der Waals surface area contributed by atoms with Crippen LogP contribution in [0, 0.1) is 5.92 Å². The van der Waals surface area contributed by atoms with Gasteiger partial charge in [-0.2, -0.15) is 0 Å². The second-order valence-electron chi connectivity index (χ2n) is 6.72. The molecule has 0 bridgehead atoms. The second-order valence-corrected chi connectivity index (χ2v) is 6.72. The quantitative estimate of drug-likeness (QED) is 0.371. The summed E-state index contributed by atoms with van der Waals surface area (Å²) in [5.41, 5.74) is 1.33. The predicted octanol–water partition coefficient (Wildman–Crippen LogP) is 3.30. The number of allylic oxidation sites excluding steroid dienone is 2. The molecular formula is C20H30O5. The summed E-state index contributed by atoms with van der Waals surface area (Å²) >= 11 is 0. The van der Waals surface area contributed by atoms with Gasteiger partial charge in [-0.15, -0.1) is 0 Å². The summed E-state index contributed by atoms with van der Waals surface area (Å²) in [5, 5.41) is 10.1. The number of aliphatic hydroxyl groups excluding tert-OH is 1. The third-order valence-corrected chi connectivity index (χ3v) is 4.57. The van der Waals surface area contributed by atoms with Crippen molar-refractivity contribution in [3.63, 3.8) is 0 Å². The Morgan fingerprint density at radius 2 is 2.00 bits per heavy atom. The first-order valence-electron chi connectivity index (χ1n) is 9.06. The van der Waals surface area contributed by atoms with Crippen LogP contribution in [0.25, 0.3) is 0 Å². The van der Waals surface area contributed by atoms with Gasteiger partial charge in [0.1, 0.15) is 5.78 Å². The van der Waals surface area contributed by atoms with Gasteiger partial charge in [-0.3, -0.25) is 14.4 Å². The molecule has 0 amide bonds. The van der Waals surface area contributed by atoms with Crippen LogP contribution in [0.1, 0.15) is 65.2 Å². The van der Waals surface area contributed by atoms with Crippen molar-refractivity contribution < 1.29 is 24.2 Å². The molecule has 0 aromatic rings. The average Bonchev–Trinajstić information content (AvgIpc) is 2.84. The Morgan fingerprint density at radius 1 is 1.28 bits per heavy atom. The summed E-state index contributed by atoms with van der Waals surface area (Å²) in [7, 11) is 1.33. The number of carbonyl (C=O) groups excluding carboxylic acids is 3. The van der Waals surface area contributed by atoms with Gasteiger partial charge in [-0.1, -0.05) is 37.5 Å². The van der Waals surface area contributed by atoms with Crippen LogP contribution in [0.4, 0.5) is 0 Å². The lowest BCUT2D eigenvalue weighted by Gasteiger charge is -2.14. The lowest BCUT2D eigenvalue weighted by Crippen LogP contribution is -2.16. The van der Waals surface area contributed by atoms with Gasteiger partial charge >= 0.3 is 5.97 Å². The van der Waals surface area contributed by atoms with Crippen molar-refractivity contribution >= 4 is 17.5 Å². The van der Waals surface area contributed by atoms with E-state index in [1.807, 2.05) is 0 Å². The van der Waals surface area contributed by atoms with E-state index in [2.05, 4.69) is 11.7 Å². The van der Waals surface area contributed by atoms with Gasteiger partial charge in [0.05, 0.1) is 19.6 Å². The van der Waals surface area contributed by atoms with E-state index in [-0.39, 0.29) is 36.3 Å². The van der Waals surface area contributed by atoms with E-state index < -0.39 is 6.10 Å². The number of hydrogen-bond acceptors (Lipinski definition) is 5. The monoisotopic (exact) mass is 350 g/mol. The highest BCUT2D eigenvalue weighted by molar-refractivity contribution is 5.99. The average molecular weight is 350 g/mol. The summed E-state index contributed by atoms with van der Waals surface area (Å²) in [6.45, 7) is 3.88. The van der Waals surface area contributed by atoms with Crippen LogP contribution in [0.3, 0.4) is 0 Å². The highest BCUT2D eigenvalue weighted by Crippen LogP contribution is 2.32. The minimum Gasteiger partial charge on any atom is -0.469 e. The highest BCUT2D eigenvalue weighted by Gasteiger charge is 2.36. The third-order valence-electron chi connectivity index (χ3n) is 4.57. The first-order valence-corrected chi connectivity index (χ1v) is 9.06. The molecule has 140 valence electrons. The minimum atomic E-state index is -0.725. The maximum absolute atomic E-state index is 12.1. The molecule has 1 aliphatic rings. The van der Waals surface area contributed by atoms with Crippen molar-refractivity contribution in [3.05, 3.63) is 23.3 Å². The van der Waals surface area contributed by atoms with Crippen molar-refractivity contribution in [3.8, 4) is 0 Å². The first kappa shape index (κ1) is 21.3. The number of hydrogen-bond donors (Lipinski definition) is 1. The predicted molar refractivity (Wildman–Crippen MR) is 96.0 cm³/mol. The van der Waals surface area contributed by atoms with Crippen LogP contribution < -0.4 is 0 Å². The molecule has 0 spiro atoms. The normalized spacial score (nSPS) is 22.5. The molecule has 1 N–H and O–H groups in total. The minimum absolute atomic E-state index is 0.0851. The summed E-state index contributed by atoms with van der Waals surface area (Å²) in [6, 6.07) is 0. The molecule has 0 aliphatic heterocycles. The van der Waals surface area contributed by atoms with Gasteiger partial charge in [0.15, 0.2) is 5.78 Å². The number of ketones is 2. The largest absolute Gasteiger partial charge is 0.469 e. The Labute approximate surface area is 150 Å². The number of esters is 1. The van der Waals surface area contributed by atoms with Crippen molar-refractivity contribution in [1.82, 2.24) is 0 Å². The molecule has 0 aromatic heterocycles. The molecule has 1 rings (SSSR count). The van der Waals surface area contributed by atoms with Crippen LogP contribution in [-0.4, -0.2) is 35.9 Å². The van der Waals surface area contributed by atoms with Crippen molar-refractivity contribution in [2.75, 3.05) is 7.11 Å². The number of aliphatic hydroxyl groups is 1. The maximum atomic E-state index is 12.1. The summed E-state index contributed by atoms with van der Waals surface area (Å²) in [6.07, 6.45) is 7.43. The molecular weight excluding hydrogens is 320 g/mol. The molecule has 1 aliphatic carbocycles. The number of rotatable bonds is 10. The number of Topliss-reactive ketones (excluding diaryl/α,β-unsaturated/α-hetero) is 2. The maximum Gasteiger partial charge on any atom is 0.309 e. The van der Waals surface area contributed by atoms with Crippen LogP contribution in [0.15, 0.2) is 23.3 Å². The molecule has 0 saturated heterocycles. The van der Waals surface area contributed by atoms with E-state index in [1.54, 1.807) is 19.1 Å². The Kier molecular flexibility index (Phi) is 9.35. The SMILES string of the molecule is CCCCCC(=O)CCC1C(=CC=C(C)CC(=O)OC)C(=O)CC1O. The van der Waals surface area contributed by atoms with Crippen LogP contribution in [0.2, 0.25) is 0 Å². The number of ether oxygens (including phenoxy) is 1. The fourth-order valence-corrected chi connectivity index (χ4v) is 3.03. The zero-order valence-corrected chi connectivity index (χ0v) is 15.5. The van der Waals surface area contributed by atoms with E-state index >= 15 is 0 Å². The molecule has 5 nitrogen and oxygen atoms in total. The highest BCUT2D eigenvalue weighted by atomic mass is 16.5. The second kappa shape index (κ2) is 11.0. The van der Waals surface area contributed by atoms with Crippen LogP contribution in [-0.2, 0) is 19.1 Å². The van der Waals surface area contributed by atoms with Gasteiger partial charge in [0.25, 0.3) is 0 Å². The van der Waals surface area contributed by atoms with Crippen LogP contribution in [0.5, 0.6) is 0 Å². The van der Waals surface area contributed by atoms with Crippen LogP contribution >= 0.6 is 0 Å². The Morgan fingerprint density at radius 3 is 2.64 bits per heavy atom. The fourth-order valence-electron chi connectivity index (χ4n) is 3.03. The molecule has 1 saturated carbocycles. The molecule has 0 radical (unpaired) electrons. The van der Waals surface area contributed by atoms with E-state index in [4.69, 9.17) is 0 Å². The molecule has 0 heterocycles. The molecule has 25 heavy (non-hydrogen) atoms. The van der Waals surface area contributed by atoms with Crippen molar-refractivity contribution in [2.45, 2.75) is 71.3 Å². The zero-order chi connectivity index (χ0) is 18.8. The number of unbranched alkanes of at least 4 members (excludes halogenated alkanes) is 2. The lowest BCUT2D eigenvalue weighted by atomic mass is 9.92. The summed E-state index contributed by atoms with van der Waals surface area (Å²) in [5.74, 6) is -0.529. The smallest absolute Gasteiger partial charge is 0.309 e. The van der Waals surface area contributed by atoms with E-state index in [0.717, 1.165) is 24.8 Å². The Bertz CT molecular complexity index is 544. The van der Waals surface area contributed by atoms with Gasteiger partial charge in [-0.05, 0) is 19.8 Å². The summed E-state index contributed by atoms with van der Waals surface area (Å²) < 4.78 is 4.61. The molecule has 5 heteroatoms. The Balaban J connectivity index is 2.68. The van der Waals surface area contributed by atoms with Gasteiger partial charge in [0.2, 0.25) is 0 Å². The van der Waals surface area contributed by atoms with E-state index in [0.29, 0.717) is 24.8 Å². The zero-order valence-electron chi connectivity index (χ0n) is 15.5. The van der Waals surface area contributed by atoms with E-state index in [9.17, 15) is 19.5 Å². The lowest BCUT2D eigenvalue weighted by molar-refractivity contribution is -0.139. The third kappa shape index (κ3) is 7.34. The molecule has 0 aromatic carbocycles. The number of methoxy groups -OCH3 is 1. The van der Waals surface area contributed by atoms with Gasteiger partial charge in [-0.25, -0.2) is 0 Å². The summed E-state index contributed by atoms with van der Waals surface area (Å²) in [4.78, 5) is 35.3. The topological polar surface area (TPSA) is 80.7 Å². The first-order chi connectivity index (χ1) is 11.9. The van der Waals surface area contributed by atoms with Gasteiger partial charge < -0.3 is 9.84 Å². The number of carbonyl (C=O) groups is 3. The van der Waals surface area contributed by atoms with E-state index in [1.165, 1.54) is 7.11 Å². The van der Waals surface area contributed by atoms with Crippen molar-refractivity contribution in [1.29, 1.82) is 0 Å². The molecule has 1 fully saturated rings. The molecule has 2 atom stereocenters. The fraction of sp³-hybridized carbons (Fsp3) is 0.650. The molecule has 2 unspecified atom stereocenters. The van der Waals surface area contributed by atoms with Gasteiger partial charge in [0, 0.05) is 30.8 Å². The van der Waals surface area contributed by atoms with Crippen molar-refractivity contribution in [2.24, 2.45) is 5.92 Å².